The average Bonchev–Trinajstić information content (AvgIpc) is 2.35. The summed E-state index contributed by atoms with van der Waals surface area (Å²) in [6.45, 7) is 7.79. The van der Waals surface area contributed by atoms with Crippen molar-refractivity contribution in [2.24, 2.45) is 5.92 Å². The minimum Gasteiger partial charge on any atom is -0.310 e. The minimum absolute atomic E-state index is 0.498. The summed E-state index contributed by atoms with van der Waals surface area (Å²) < 4.78 is 1.15. The van der Waals surface area contributed by atoms with Gasteiger partial charge in [-0.1, -0.05) is 61.7 Å². The first-order valence-corrected chi connectivity index (χ1v) is 7.49. The number of rotatable bonds is 7. The quantitative estimate of drug-likeness (QED) is 0.753. The van der Waals surface area contributed by atoms with Crippen LogP contribution in [-0.2, 0) is 0 Å². The summed E-state index contributed by atoms with van der Waals surface area (Å²) in [6.07, 6.45) is 3.78. The van der Waals surface area contributed by atoms with Gasteiger partial charge in [-0.15, -0.1) is 0 Å². The van der Waals surface area contributed by atoms with Gasteiger partial charge >= 0.3 is 0 Å². The molecule has 0 amide bonds. The Morgan fingerprint density at radius 2 is 1.65 bits per heavy atom. The van der Waals surface area contributed by atoms with Crippen molar-refractivity contribution < 1.29 is 0 Å². The van der Waals surface area contributed by atoms with Gasteiger partial charge in [-0.25, -0.2) is 0 Å². The molecule has 0 saturated carbocycles. The van der Waals surface area contributed by atoms with Gasteiger partial charge in [0.15, 0.2) is 0 Å². The topological polar surface area (TPSA) is 12.0 Å². The molecule has 0 aliphatic carbocycles. The van der Waals surface area contributed by atoms with Crippen molar-refractivity contribution in [1.29, 1.82) is 0 Å². The maximum absolute atomic E-state index is 3.60. The zero-order valence-corrected chi connectivity index (χ0v) is 12.8. The molecule has 0 spiro atoms. The maximum Gasteiger partial charge on any atom is 0.0322 e. The van der Waals surface area contributed by atoms with Gasteiger partial charge < -0.3 is 5.32 Å². The van der Waals surface area contributed by atoms with Crippen molar-refractivity contribution >= 4 is 15.9 Å². The molecule has 0 fully saturated rings. The molecule has 1 atom stereocenters. The Morgan fingerprint density at radius 1 is 1.06 bits per heavy atom. The predicted octanol–water partition coefficient (Wildman–Crippen LogP) is 4.93. The third-order valence-electron chi connectivity index (χ3n) is 3.45. The van der Waals surface area contributed by atoms with Crippen molar-refractivity contribution in [1.82, 2.24) is 5.32 Å². The second-order valence-electron chi connectivity index (χ2n) is 4.58. The Balaban J connectivity index is 2.73. The van der Waals surface area contributed by atoms with E-state index in [-0.39, 0.29) is 0 Å². The first kappa shape index (κ1) is 14.7. The molecule has 96 valence electrons. The summed E-state index contributed by atoms with van der Waals surface area (Å²) in [7, 11) is 0. The zero-order chi connectivity index (χ0) is 12.7. The molecule has 17 heavy (non-hydrogen) atoms. The van der Waals surface area contributed by atoms with Crippen LogP contribution in [0.25, 0.3) is 0 Å². The van der Waals surface area contributed by atoms with Crippen LogP contribution < -0.4 is 5.32 Å². The highest BCUT2D eigenvalue weighted by molar-refractivity contribution is 9.10. The normalized spacial score (nSPS) is 13.0. The summed E-state index contributed by atoms with van der Waals surface area (Å²) in [5.74, 6) is 0.822. The molecular formula is C15H24BrN. The molecule has 1 unspecified atom stereocenters. The second kappa shape index (κ2) is 7.88. The van der Waals surface area contributed by atoms with Crippen LogP contribution in [0.1, 0.15) is 51.6 Å². The molecule has 1 nitrogen and oxygen atoms in total. The van der Waals surface area contributed by atoms with Crippen LogP contribution in [0.3, 0.4) is 0 Å². The van der Waals surface area contributed by atoms with Crippen molar-refractivity contribution in [2.45, 2.75) is 46.1 Å². The van der Waals surface area contributed by atoms with Gasteiger partial charge in [0.25, 0.3) is 0 Å². The second-order valence-corrected chi connectivity index (χ2v) is 5.50. The van der Waals surface area contributed by atoms with Crippen LogP contribution in [0, 0.1) is 5.92 Å². The Morgan fingerprint density at radius 3 is 2.12 bits per heavy atom. The SMILES string of the molecule is CCNC(CC(CC)CC)c1ccc(Br)cc1. The van der Waals surface area contributed by atoms with E-state index in [2.05, 4.69) is 66.3 Å². The summed E-state index contributed by atoms with van der Waals surface area (Å²) in [4.78, 5) is 0. The fraction of sp³-hybridized carbons (Fsp3) is 0.600. The lowest BCUT2D eigenvalue weighted by Gasteiger charge is -2.23. The minimum atomic E-state index is 0.498. The first-order valence-electron chi connectivity index (χ1n) is 6.70. The molecule has 0 aromatic heterocycles. The average molecular weight is 298 g/mol. The summed E-state index contributed by atoms with van der Waals surface area (Å²) >= 11 is 3.49. The predicted molar refractivity (Wildman–Crippen MR) is 79.2 cm³/mol. The van der Waals surface area contributed by atoms with Crippen LogP contribution in [0.4, 0.5) is 0 Å². The monoisotopic (exact) mass is 297 g/mol. The molecule has 1 N–H and O–H groups in total. The van der Waals surface area contributed by atoms with Crippen LogP contribution in [0.5, 0.6) is 0 Å². The van der Waals surface area contributed by atoms with Gasteiger partial charge in [0, 0.05) is 10.5 Å². The van der Waals surface area contributed by atoms with E-state index in [0.717, 1.165) is 16.9 Å². The fourth-order valence-corrected chi connectivity index (χ4v) is 2.50. The van der Waals surface area contributed by atoms with Crippen molar-refractivity contribution in [2.75, 3.05) is 6.54 Å². The molecule has 1 rings (SSSR count). The highest BCUT2D eigenvalue weighted by Gasteiger charge is 2.14. The van der Waals surface area contributed by atoms with Gasteiger partial charge in [-0.2, -0.15) is 0 Å². The van der Waals surface area contributed by atoms with Crippen LogP contribution in [-0.4, -0.2) is 6.54 Å². The molecule has 1 aromatic rings. The van der Waals surface area contributed by atoms with Gasteiger partial charge in [0.2, 0.25) is 0 Å². The van der Waals surface area contributed by atoms with Crippen molar-refractivity contribution in [3.8, 4) is 0 Å². The number of halogens is 1. The highest BCUT2D eigenvalue weighted by atomic mass is 79.9. The lowest BCUT2D eigenvalue weighted by atomic mass is 9.91. The van der Waals surface area contributed by atoms with E-state index < -0.39 is 0 Å². The zero-order valence-electron chi connectivity index (χ0n) is 11.2. The van der Waals surface area contributed by atoms with Crippen molar-refractivity contribution in [3.05, 3.63) is 34.3 Å². The van der Waals surface area contributed by atoms with E-state index in [4.69, 9.17) is 0 Å². The molecule has 2 heteroatoms. The van der Waals surface area contributed by atoms with Crippen LogP contribution in [0.15, 0.2) is 28.7 Å². The number of nitrogens with one attached hydrogen (secondary N) is 1. The Hall–Kier alpha value is -0.340. The smallest absolute Gasteiger partial charge is 0.0322 e. The standard InChI is InChI=1S/C15H24BrN/c1-4-12(5-2)11-15(17-6-3)13-7-9-14(16)10-8-13/h7-10,12,15,17H,4-6,11H2,1-3H3. The Kier molecular flexibility index (Phi) is 6.83. The third kappa shape index (κ3) is 4.81. The third-order valence-corrected chi connectivity index (χ3v) is 3.98. The molecule has 1 aromatic carbocycles. The van der Waals surface area contributed by atoms with E-state index in [1.54, 1.807) is 0 Å². The van der Waals surface area contributed by atoms with Gasteiger partial charge in [0.1, 0.15) is 0 Å². The van der Waals surface area contributed by atoms with Crippen LogP contribution in [0.2, 0.25) is 0 Å². The molecule has 0 aliphatic rings. The fourth-order valence-electron chi connectivity index (χ4n) is 2.23. The lowest BCUT2D eigenvalue weighted by molar-refractivity contribution is 0.375. The van der Waals surface area contributed by atoms with Crippen LogP contribution >= 0.6 is 15.9 Å². The van der Waals surface area contributed by atoms with E-state index >= 15 is 0 Å². The molecule has 0 bridgehead atoms. The Bertz CT molecular complexity index is 303. The van der Waals surface area contributed by atoms with E-state index in [9.17, 15) is 0 Å². The maximum atomic E-state index is 3.60. The molecule has 0 aliphatic heterocycles. The Labute approximate surface area is 114 Å². The van der Waals surface area contributed by atoms with Crippen molar-refractivity contribution in [3.63, 3.8) is 0 Å². The van der Waals surface area contributed by atoms with Gasteiger partial charge in [-0.05, 0) is 36.6 Å². The molecule has 0 heterocycles. The highest BCUT2D eigenvalue weighted by Crippen LogP contribution is 2.26. The summed E-state index contributed by atoms with van der Waals surface area (Å²) in [5.41, 5.74) is 1.40. The van der Waals surface area contributed by atoms with Gasteiger partial charge in [-0.3, -0.25) is 0 Å². The summed E-state index contributed by atoms with van der Waals surface area (Å²) in [6, 6.07) is 9.21. The number of hydrogen-bond donors (Lipinski definition) is 1. The number of hydrogen-bond acceptors (Lipinski definition) is 1. The summed E-state index contributed by atoms with van der Waals surface area (Å²) in [5, 5.41) is 3.60. The van der Waals surface area contributed by atoms with E-state index in [1.165, 1.54) is 24.8 Å². The molecule has 0 saturated heterocycles. The largest absolute Gasteiger partial charge is 0.310 e. The van der Waals surface area contributed by atoms with E-state index in [0.29, 0.717) is 6.04 Å². The van der Waals surface area contributed by atoms with Gasteiger partial charge in [0.05, 0.1) is 0 Å². The molecule has 0 radical (unpaired) electrons. The number of benzene rings is 1. The van der Waals surface area contributed by atoms with E-state index in [1.807, 2.05) is 0 Å². The lowest BCUT2D eigenvalue weighted by Crippen LogP contribution is -2.23. The molecular weight excluding hydrogens is 274 g/mol. The first-order chi connectivity index (χ1) is 8.21.